The Morgan fingerprint density at radius 1 is 0.714 bits per heavy atom. The molecule has 2 aliphatic rings. The molecule has 0 radical (unpaired) electrons. The van der Waals surface area contributed by atoms with Crippen molar-refractivity contribution >= 4 is 5.69 Å². The molecule has 35 heavy (non-hydrogen) atoms. The summed E-state index contributed by atoms with van der Waals surface area (Å²) in [5.74, 6) is 2.40. The van der Waals surface area contributed by atoms with E-state index in [1.165, 1.54) is 33.5 Å². The lowest BCUT2D eigenvalue weighted by Gasteiger charge is -2.33. The van der Waals surface area contributed by atoms with Crippen LogP contribution in [0.3, 0.4) is 0 Å². The summed E-state index contributed by atoms with van der Waals surface area (Å²) < 4.78 is 12.3. The number of hydrogen-bond acceptors (Lipinski definition) is 3. The van der Waals surface area contributed by atoms with Crippen molar-refractivity contribution in [2.45, 2.75) is 38.1 Å². The minimum Gasteiger partial charge on any atom is -0.493 e. The average Bonchev–Trinajstić information content (AvgIpc) is 2.92. The molecule has 0 saturated heterocycles. The van der Waals surface area contributed by atoms with E-state index in [1.54, 1.807) is 0 Å². The maximum absolute atomic E-state index is 6.17. The fourth-order valence-electron chi connectivity index (χ4n) is 5.33. The lowest BCUT2D eigenvalue weighted by atomic mass is 9.76. The summed E-state index contributed by atoms with van der Waals surface area (Å²) in [6.45, 7) is 6.79. The topological polar surface area (TPSA) is 21.7 Å². The van der Waals surface area contributed by atoms with E-state index in [0.717, 1.165) is 31.1 Å². The Balaban J connectivity index is 1.28. The van der Waals surface area contributed by atoms with Crippen LogP contribution in [-0.2, 0) is 18.4 Å². The molecule has 0 N–H and O–H groups in total. The van der Waals surface area contributed by atoms with Gasteiger partial charge in [0, 0.05) is 29.1 Å². The molecule has 0 amide bonds. The summed E-state index contributed by atoms with van der Waals surface area (Å²) in [4.78, 5) is 2.28. The van der Waals surface area contributed by atoms with Crippen molar-refractivity contribution in [2.75, 3.05) is 18.2 Å². The fraction of sp³-hybridized carbons (Fsp3) is 0.250. The van der Waals surface area contributed by atoms with Gasteiger partial charge < -0.3 is 14.4 Å². The van der Waals surface area contributed by atoms with Crippen LogP contribution in [0.15, 0.2) is 97.1 Å². The van der Waals surface area contributed by atoms with Gasteiger partial charge in [0.15, 0.2) is 6.73 Å². The standard InChI is InChI=1S/C32H31NO2/c1-32(2,27-13-15-30-24(18-27)17-26(21-34-30)23-9-5-3-6-10-23)28-14-16-31-25(19-28)20-33(22-35-31)29-11-7-4-8-12-29/h3-16,18-19,26H,17,20-22H2,1-2H3. The highest BCUT2D eigenvalue weighted by Crippen LogP contribution is 2.40. The second-order valence-electron chi connectivity index (χ2n) is 10.2. The average molecular weight is 462 g/mol. The first-order valence-electron chi connectivity index (χ1n) is 12.5. The van der Waals surface area contributed by atoms with Gasteiger partial charge in [-0.1, -0.05) is 80.6 Å². The minimum atomic E-state index is -0.140. The van der Waals surface area contributed by atoms with E-state index in [9.17, 15) is 0 Å². The van der Waals surface area contributed by atoms with E-state index in [1.807, 2.05) is 0 Å². The van der Waals surface area contributed by atoms with Gasteiger partial charge in [-0.05, 0) is 59.0 Å². The third-order valence-electron chi connectivity index (χ3n) is 7.60. The van der Waals surface area contributed by atoms with Crippen molar-refractivity contribution in [1.29, 1.82) is 0 Å². The number of hydrogen-bond donors (Lipinski definition) is 0. The summed E-state index contributed by atoms with van der Waals surface area (Å²) in [6.07, 6.45) is 1.01. The second kappa shape index (κ2) is 8.81. The Bertz CT molecular complexity index is 1230. The van der Waals surface area contributed by atoms with E-state index in [2.05, 4.69) is 116 Å². The molecule has 0 aliphatic carbocycles. The van der Waals surface area contributed by atoms with Gasteiger partial charge >= 0.3 is 0 Å². The lowest BCUT2D eigenvalue weighted by molar-refractivity contribution is 0.262. The molecule has 2 heterocycles. The summed E-state index contributed by atoms with van der Waals surface area (Å²) in [5, 5.41) is 0. The first-order valence-corrected chi connectivity index (χ1v) is 12.5. The number of ether oxygens (including phenoxy) is 2. The molecule has 1 unspecified atom stereocenters. The molecule has 0 bridgehead atoms. The van der Waals surface area contributed by atoms with Gasteiger partial charge in [-0.3, -0.25) is 0 Å². The first kappa shape index (κ1) is 21.8. The van der Waals surface area contributed by atoms with E-state index < -0.39 is 0 Å². The Labute approximate surface area is 207 Å². The zero-order chi connectivity index (χ0) is 23.8. The van der Waals surface area contributed by atoms with Crippen molar-refractivity contribution in [3.8, 4) is 11.5 Å². The zero-order valence-electron chi connectivity index (χ0n) is 20.4. The van der Waals surface area contributed by atoms with Gasteiger partial charge in [-0.15, -0.1) is 0 Å². The Kier molecular flexibility index (Phi) is 5.49. The van der Waals surface area contributed by atoms with Crippen molar-refractivity contribution in [3.63, 3.8) is 0 Å². The Hall–Kier alpha value is -3.72. The molecule has 1 atom stereocenters. The first-order chi connectivity index (χ1) is 17.1. The summed E-state index contributed by atoms with van der Waals surface area (Å²) in [5.41, 5.74) is 7.53. The van der Waals surface area contributed by atoms with Crippen LogP contribution in [0.2, 0.25) is 0 Å². The predicted molar refractivity (Wildman–Crippen MR) is 142 cm³/mol. The number of fused-ring (bicyclic) bond motifs is 2. The van der Waals surface area contributed by atoms with Gasteiger partial charge in [0.05, 0.1) is 6.61 Å². The smallest absolute Gasteiger partial charge is 0.161 e. The molecule has 0 spiro atoms. The third kappa shape index (κ3) is 4.16. The molecule has 4 aromatic carbocycles. The molecular weight excluding hydrogens is 430 g/mol. The van der Waals surface area contributed by atoms with E-state index in [-0.39, 0.29) is 5.41 Å². The number of para-hydroxylation sites is 1. The molecule has 0 saturated carbocycles. The van der Waals surface area contributed by atoms with E-state index >= 15 is 0 Å². The molecule has 3 heteroatoms. The van der Waals surface area contributed by atoms with Gasteiger partial charge in [0.2, 0.25) is 0 Å². The van der Waals surface area contributed by atoms with Gasteiger partial charge in [-0.2, -0.15) is 0 Å². The molecule has 2 aliphatic heterocycles. The van der Waals surface area contributed by atoms with Gasteiger partial charge in [-0.25, -0.2) is 0 Å². The van der Waals surface area contributed by atoms with Crippen molar-refractivity contribution in [3.05, 3.63) is 125 Å². The molecule has 3 nitrogen and oxygen atoms in total. The summed E-state index contributed by atoms with van der Waals surface area (Å²) >= 11 is 0. The number of nitrogens with zero attached hydrogens (tertiary/aromatic N) is 1. The van der Waals surface area contributed by atoms with Crippen LogP contribution >= 0.6 is 0 Å². The quantitative estimate of drug-likeness (QED) is 0.324. The highest BCUT2D eigenvalue weighted by atomic mass is 16.5. The zero-order valence-corrected chi connectivity index (χ0v) is 20.4. The minimum absolute atomic E-state index is 0.140. The van der Waals surface area contributed by atoms with Crippen molar-refractivity contribution in [1.82, 2.24) is 0 Å². The maximum atomic E-state index is 6.17. The lowest BCUT2D eigenvalue weighted by Crippen LogP contribution is -2.32. The molecule has 176 valence electrons. The largest absolute Gasteiger partial charge is 0.493 e. The van der Waals surface area contributed by atoms with Crippen LogP contribution in [0.5, 0.6) is 11.5 Å². The molecule has 0 aromatic heterocycles. The Morgan fingerprint density at radius 3 is 2.06 bits per heavy atom. The summed E-state index contributed by atoms with van der Waals surface area (Å²) in [6, 6.07) is 34.6. The van der Waals surface area contributed by atoms with Crippen molar-refractivity contribution < 1.29 is 9.47 Å². The molecular formula is C32H31NO2. The number of rotatable bonds is 4. The van der Waals surface area contributed by atoms with Crippen LogP contribution in [0.1, 0.15) is 47.6 Å². The fourth-order valence-corrected chi connectivity index (χ4v) is 5.33. The van der Waals surface area contributed by atoms with Gasteiger partial charge in [0.25, 0.3) is 0 Å². The highest BCUT2D eigenvalue weighted by Gasteiger charge is 2.29. The SMILES string of the molecule is CC(C)(c1ccc2c(c1)CC(c1ccccc1)CO2)c1ccc2c(c1)CN(c1ccccc1)CO2. The highest BCUT2D eigenvalue weighted by molar-refractivity contribution is 5.53. The molecule has 6 rings (SSSR count). The number of anilines is 1. The monoisotopic (exact) mass is 461 g/mol. The molecule has 4 aromatic rings. The van der Waals surface area contributed by atoms with E-state index in [0.29, 0.717) is 12.6 Å². The second-order valence-corrected chi connectivity index (χ2v) is 10.2. The molecule has 0 fully saturated rings. The third-order valence-corrected chi connectivity index (χ3v) is 7.60. The normalized spacial score (nSPS) is 17.1. The van der Waals surface area contributed by atoms with Gasteiger partial charge in [0.1, 0.15) is 11.5 Å². The summed E-state index contributed by atoms with van der Waals surface area (Å²) in [7, 11) is 0. The number of benzene rings is 4. The Morgan fingerprint density at radius 2 is 1.34 bits per heavy atom. The van der Waals surface area contributed by atoms with E-state index in [4.69, 9.17) is 9.47 Å². The van der Waals surface area contributed by atoms with Crippen LogP contribution in [-0.4, -0.2) is 13.3 Å². The predicted octanol–water partition coefficient (Wildman–Crippen LogP) is 7.09. The van der Waals surface area contributed by atoms with Crippen LogP contribution in [0.25, 0.3) is 0 Å². The maximum Gasteiger partial charge on any atom is 0.161 e. The van der Waals surface area contributed by atoms with Crippen LogP contribution in [0, 0.1) is 0 Å². The van der Waals surface area contributed by atoms with Crippen LogP contribution in [0.4, 0.5) is 5.69 Å². The van der Waals surface area contributed by atoms with Crippen LogP contribution < -0.4 is 14.4 Å². The van der Waals surface area contributed by atoms with Crippen molar-refractivity contribution in [2.24, 2.45) is 0 Å².